The molecule has 1 heterocycles. The van der Waals surface area contributed by atoms with Crippen molar-refractivity contribution in [1.82, 2.24) is 4.90 Å². The molecule has 0 unspecified atom stereocenters. The third kappa shape index (κ3) is 3.20. The maximum Gasteiger partial charge on any atom is 0.0567 e. The number of benzene rings is 2. The van der Waals surface area contributed by atoms with Gasteiger partial charge in [0.1, 0.15) is 0 Å². The van der Waals surface area contributed by atoms with Crippen LogP contribution in [0.25, 0.3) is 0 Å². The first-order valence-electron chi connectivity index (χ1n) is 7.14. The lowest BCUT2D eigenvalue weighted by atomic mass is 10.2. The van der Waals surface area contributed by atoms with E-state index in [1.807, 2.05) is 17.8 Å². The Morgan fingerprint density at radius 3 is 2.62 bits per heavy atom. The van der Waals surface area contributed by atoms with Gasteiger partial charge in [-0.05, 0) is 57.4 Å². The zero-order valence-corrected chi connectivity index (χ0v) is 13.9. The molecule has 0 saturated heterocycles. The Kier molecular flexibility index (Phi) is 4.43. The van der Waals surface area contributed by atoms with Crippen molar-refractivity contribution in [2.75, 3.05) is 32.1 Å². The Bertz CT molecular complexity index is 642. The van der Waals surface area contributed by atoms with E-state index in [4.69, 9.17) is 11.6 Å². The molecule has 0 radical (unpaired) electrons. The molecule has 0 aliphatic carbocycles. The Balaban J connectivity index is 1.94. The van der Waals surface area contributed by atoms with Crippen LogP contribution in [-0.4, -0.2) is 32.1 Å². The predicted molar refractivity (Wildman–Crippen MR) is 92.2 cm³/mol. The van der Waals surface area contributed by atoms with Gasteiger partial charge in [-0.15, -0.1) is 0 Å². The first kappa shape index (κ1) is 14.8. The maximum atomic E-state index is 6.21. The van der Waals surface area contributed by atoms with Crippen LogP contribution in [0.1, 0.15) is 6.42 Å². The zero-order chi connectivity index (χ0) is 14.8. The van der Waals surface area contributed by atoms with Crippen LogP contribution in [0, 0.1) is 0 Å². The van der Waals surface area contributed by atoms with E-state index < -0.39 is 0 Å². The highest BCUT2D eigenvalue weighted by molar-refractivity contribution is 7.99. The van der Waals surface area contributed by atoms with E-state index in [-0.39, 0.29) is 0 Å². The summed E-state index contributed by atoms with van der Waals surface area (Å²) in [5.74, 6) is 0. The molecule has 4 heteroatoms. The molecule has 0 aromatic heterocycles. The Morgan fingerprint density at radius 2 is 1.81 bits per heavy atom. The second kappa shape index (κ2) is 6.30. The number of hydrogen-bond acceptors (Lipinski definition) is 3. The molecule has 0 bridgehead atoms. The van der Waals surface area contributed by atoms with E-state index in [0.717, 1.165) is 24.5 Å². The predicted octanol–water partition coefficient (Wildman–Crippen LogP) is 4.89. The average molecular weight is 320 g/mol. The molecule has 1 aliphatic heterocycles. The smallest absolute Gasteiger partial charge is 0.0567 e. The van der Waals surface area contributed by atoms with Gasteiger partial charge in [0.05, 0.1) is 11.4 Å². The topological polar surface area (TPSA) is 6.48 Å². The first-order valence-corrected chi connectivity index (χ1v) is 8.33. The quantitative estimate of drug-likeness (QED) is 0.740. The number of halogens is 1. The molecule has 0 spiro atoms. The van der Waals surface area contributed by atoms with Crippen LogP contribution in [0.4, 0.5) is 11.4 Å². The number of anilines is 2. The lowest BCUT2D eigenvalue weighted by molar-refractivity contribution is 0.402. The second-order valence-corrected chi connectivity index (χ2v) is 7.01. The molecular formula is C17H19ClN2S. The summed E-state index contributed by atoms with van der Waals surface area (Å²) >= 11 is 8.03. The molecule has 0 atom stereocenters. The number of rotatable bonds is 4. The summed E-state index contributed by atoms with van der Waals surface area (Å²) in [5, 5.41) is 0.798. The third-order valence-corrected chi connectivity index (χ3v) is 4.94. The molecule has 2 aromatic rings. The summed E-state index contributed by atoms with van der Waals surface area (Å²) in [6, 6.07) is 14.8. The van der Waals surface area contributed by atoms with Crippen molar-refractivity contribution in [1.29, 1.82) is 0 Å². The van der Waals surface area contributed by atoms with Crippen molar-refractivity contribution in [2.24, 2.45) is 0 Å². The summed E-state index contributed by atoms with van der Waals surface area (Å²) in [6.45, 7) is 2.09. The molecule has 3 rings (SSSR count). The average Bonchev–Trinajstić information content (AvgIpc) is 2.46. The molecule has 0 fully saturated rings. The molecule has 21 heavy (non-hydrogen) atoms. The molecular weight excluding hydrogens is 301 g/mol. The fourth-order valence-electron chi connectivity index (χ4n) is 2.59. The number of nitrogens with zero attached hydrogens (tertiary/aromatic N) is 2. The molecule has 1 aliphatic rings. The summed E-state index contributed by atoms with van der Waals surface area (Å²) in [4.78, 5) is 7.22. The van der Waals surface area contributed by atoms with Gasteiger partial charge in [-0.25, -0.2) is 0 Å². The van der Waals surface area contributed by atoms with Crippen LogP contribution in [-0.2, 0) is 0 Å². The highest BCUT2D eigenvalue weighted by atomic mass is 35.5. The molecule has 0 saturated carbocycles. The van der Waals surface area contributed by atoms with Gasteiger partial charge in [0.15, 0.2) is 0 Å². The number of fused-ring (bicyclic) bond motifs is 2. The standard InChI is InChI=1S/C17H19ClN2S/c1-19(2)10-5-11-20-14-6-3-4-7-16(14)21-17-9-8-13(18)12-15(17)20/h3-4,6-9,12H,5,10-11H2,1-2H3/i1+1. The van der Waals surface area contributed by atoms with Crippen molar-refractivity contribution in [3.8, 4) is 0 Å². The van der Waals surface area contributed by atoms with Gasteiger partial charge in [0.2, 0.25) is 0 Å². The first-order chi connectivity index (χ1) is 10.1. The monoisotopic (exact) mass is 319 g/mol. The van der Waals surface area contributed by atoms with E-state index in [2.05, 4.69) is 60.3 Å². The summed E-state index contributed by atoms with van der Waals surface area (Å²) in [7, 11) is 4.23. The molecule has 0 N–H and O–H groups in total. The van der Waals surface area contributed by atoms with Gasteiger partial charge in [-0.3, -0.25) is 0 Å². The van der Waals surface area contributed by atoms with Crippen molar-refractivity contribution < 1.29 is 0 Å². The van der Waals surface area contributed by atoms with Crippen molar-refractivity contribution in [3.05, 3.63) is 47.5 Å². The van der Waals surface area contributed by atoms with Gasteiger partial charge in [-0.1, -0.05) is 35.5 Å². The van der Waals surface area contributed by atoms with Gasteiger partial charge >= 0.3 is 0 Å². The van der Waals surface area contributed by atoms with Gasteiger partial charge in [0.25, 0.3) is 0 Å². The van der Waals surface area contributed by atoms with E-state index in [9.17, 15) is 0 Å². The van der Waals surface area contributed by atoms with Gasteiger partial charge in [0, 0.05) is 21.4 Å². The van der Waals surface area contributed by atoms with Gasteiger partial charge in [-0.2, -0.15) is 0 Å². The summed E-state index contributed by atoms with van der Waals surface area (Å²) in [5.41, 5.74) is 2.51. The SMILES string of the molecule is CN([13CH3])CCCN1c2ccccc2Sc2ccc(Cl)cc21. The molecule has 2 nitrogen and oxygen atoms in total. The molecule has 0 amide bonds. The highest BCUT2D eigenvalue weighted by Gasteiger charge is 2.22. The van der Waals surface area contributed by atoms with Gasteiger partial charge < -0.3 is 9.80 Å². The minimum Gasteiger partial charge on any atom is -0.340 e. The zero-order valence-electron chi connectivity index (χ0n) is 12.3. The van der Waals surface area contributed by atoms with E-state index in [1.165, 1.54) is 21.2 Å². The summed E-state index contributed by atoms with van der Waals surface area (Å²) < 4.78 is 0. The Morgan fingerprint density at radius 1 is 1.05 bits per heavy atom. The van der Waals surface area contributed by atoms with Crippen LogP contribution >= 0.6 is 23.4 Å². The minimum atomic E-state index is 0.798. The number of para-hydroxylation sites is 1. The molecule has 2 aromatic carbocycles. The lowest BCUT2D eigenvalue weighted by Gasteiger charge is -2.33. The van der Waals surface area contributed by atoms with Crippen LogP contribution in [0.5, 0.6) is 0 Å². The normalized spacial score (nSPS) is 13.2. The van der Waals surface area contributed by atoms with E-state index in [0.29, 0.717) is 0 Å². The Labute approximate surface area is 135 Å². The van der Waals surface area contributed by atoms with Crippen LogP contribution in [0.15, 0.2) is 52.3 Å². The van der Waals surface area contributed by atoms with Crippen molar-refractivity contribution >= 4 is 34.7 Å². The van der Waals surface area contributed by atoms with E-state index in [1.54, 1.807) is 0 Å². The Hall–Kier alpha value is -1.16. The second-order valence-electron chi connectivity index (χ2n) is 5.49. The van der Waals surface area contributed by atoms with Crippen molar-refractivity contribution in [3.63, 3.8) is 0 Å². The van der Waals surface area contributed by atoms with Crippen LogP contribution in [0.3, 0.4) is 0 Å². The molecule has 110 valence electrons. The fraction of sp³-hybridized carbons (Fsp3) is 0.294. The fourth-order valence-corrected chi connectivity index (χ4v) is 3.83. The lowest BCUT2D eigenvalue weighted by Crippen LogP contribution is -2.25. The minimum absolute atomic E-state index is 0.798. The largest absolute Gasteiger partial charge is 0.340 e. The van der Waals surface area contributed by atoms with Crippen LogP contribution in [0.2, 0.25) is 5.02 Å². The van der Waals surface area contributed by atoms with Crippen molar-refractivity contribution in [2.45, 2.75) is 16.2 Å². The summed E-state index contributed by atoms with van der Waals surface area (Å²) in [6.07, 6.45) is 1.12. The highest BCUT2D eigenvalue weighted by Crippen LogP contribution is 2.48. The van der Waals surface area contributed by atoms with E-state index >= 15 is 0 Å². The van der Waals surface area contributed by atoms with Crippen LogP contribution < -0.4 is 4.90 Å². The maximum absolute atomic E-state index is 6.21. The third-order valence-electron chi connectivity index (χ3n) is 3.57. The number of hydrogen-bond donors (Lipinski definition) is 0.